The number of morpholine rings is 1. The highest BCUT2D eigenvalue weighted by Gasteiger charge is 2.53. The van der Waals surface area contributed by atoms with Gasteiger partial charge in [0.15, 0.2) is 0 Å². The van der Waals surface area contributed by atoms with Gasteiger partial charge in [0, 0.05) is 18.8 Å². The molecule has 26 heavy (non-hydrogen) atoms. The minimum atomic E-state index is -0.565. The van der Waals surface area contributed by atoms with E-state index in [1.165, 1.54) is 11.3 Å². The van der Waals surface area contributed by atoms with Gasteiger partial charge in [-0.05, 0) is 57.4 Å². The number of ether oxygens (including phenoxy) is 1. The van der Waals surface area contributed by atoms with E-state index < -0.39 is 18.3 Å². The number of nitrogens with two attached hydrogens (primary N) is 1. The molecule has 2 aliphatic heterocycles. The lowest BCUT2D eigenvalue weighted by Gasteiger charge is -2.32. The van der Waals surface area contributed by atoms with Gasteiger partial charge in [-0.2, -0.15) is 5.10 Å². The Bertz CT molecular complexity index is 669. The molecule has 2 N–H and O–H groups in total. The molecule has 0 spiro atoms. The third kappa shape index (κ3) is 3.48. The van der Waals surface area contributed by atoms with E-state index in [0.29, 0.717) is 5.61 Å². The van der Waals surface area contributed by atoms with Crippen molar-refractivity contribution in [2.45, 2.75) is 52.2 Å². The number of hydrogen-bond donors (Lipinski definition) is 1. The number of benzene rings is 1. The zero-order valence-electron chi connectivity index (χ0n) is 16.5. The predicted octanol–water partition coefficient (Wildman–Crippen LogP) is 2.38. The maximum Gasteiger partial charge on any atom is 0.517 e. The van der Waals surface area contributed by atoms with E-state index in [2.05, 4.69) is 35.1 Å². The molecule has 3 rings (SSSR count). The number of anilines is 1. The predicted molar refractivity (Wildman–Crippen MR) is 106 cm³/mol. The van der Waals surface area contributed by atoms with Crippen molar-refractivity contribution in [1.29, 1.82) is 0 Å². The van der Waals surface area contributed by atoms with Gasteiger partial charge < -0.3 is 24.8 Å². The summed E-state index contributed by atoms with van der Waals surface area (Å²) < 4.78 is 17.8. The molecule has 1 aromatic rings. The van der Waals surface area contributed by atoms with Gasteiger partial charge in [0.05, 0.1) is 30.0 Å². The first-order valence-corrected chi connectivity index (χ1v) is 9.38. The summed E-state index contributed by atoms with van der Waals surface area (Å²) in [5, 5.41) is 4.06. The van der Waals surface area contributed by atoms with Crippen LogP contribution in [0.3, 0.4) is 0 Å². The van der Waals surface area contributed by atoms with Crippen molar-refractivity contribution in [1.82, 2.24) is 0 Å². The molecule has 0 aromatic heterocycles. The summed E-state index contributed by atoms with van der Waals surface area (Å²) in [5.41, 5.74) is 3.19. The quantitative estimate of drug-likeness (QED) is 0.387. The molecular weight excluding hydrogens is 329 g/mol. The van der Waals surface area contributed by atoms with Crippen LogP contribution in [-0.2, 0) is 20.5 Å². The molecule has 0 aliphatic carbocycles. The minimum Gasteiger partial charge on any atom is -0.398 e. The molecular formula is C19H30BN3O3. The van der Waals surface area contributed by atoms with E-state index in [4.69, 9.17) is 19.9 Å². The Morgan fingerprint density at radius 2 is 1.77 bits per heavy atom. The van der Waals surface area contributed by atoms with E-state index in [1.54, 1.807) is 0 Å². The van der Waals surface area contributed by atoms with Crippen molar-refractivity contribution in [3.8, 4) is 0 Å². The molecule has 2 saturated heterocycles. The fourth-order valence-electron chi connectivity index (χ4n) is 3.35. The van der Waals surface area contributed by atoms with Gasteiger partial charge in [-0.3, -0.25) is 0 Å². The molecule has 7 heteroatoms. The Hall–Kier alpha value is -1.57. The minimum absolute atomic E-state index is 0.423. The zero-order valence-corrected chi connectivity index (χ0v) is 16.5. The van der Waals surface area contributed by atoms with Gasteiger partial charge in [-0.15, -0.1) is 0 Å². The molecule has 0 radical (unpaired) electrons. The lowest BCUT2D eigenvalue weighted by Crippen LogP contribution is -2.41. The highest BCUT2D eigenvalue weighted by molar-refractivity contribution is 6.85. The second kappa shape index (κ2) is 7.21. The molecule has 2 fully saturated rings. The summed E-state index contributed by atoms with van der Waals surface area (Å²) in [7, 11) is -0.565. The lowest BCUT2D eigenvalue weighted by molar-refractivity contribution is 0.00578. The molecule has 1 aromatic carbocycles. The van der Waals surface area contributed by atoms with Crippen LogP contribution in [0.1, 0.15) is 45.7 Å². The van der Waals surface area contributed by atoms with Crippen molar-refractivity contribution in [3.63, 3.8) is 0 Å². The van der Waals surface area contributed by atoms with Crippen LogP contribution in [0, 0.1) is 0 Å². The van der Waals surface area contributed by atoms with Crippen LogP contribution < -0.4 is 10.7 Å². The SMILES string of the molecule is CCc1cc(N2CCOCC2)ccc1/C(=N\N)B1OC(C)(C)C(C)(C)O1. The second-order valence-electron chi connectivity index (χ2n) is 7.90. The Morgan fingerprint density at radius 1 is 1.15 bits per heavy atom. The topological polar surface area (TPSA) is 69.3 Å². The molecule has 0 saturated carbocycles. The highest BCUT2D eigenvalue weighted by atomic mass is 16.7. The Morgan fingerprint density at radius 3 is 2.31 bits per heavy atom. The average molecular weight is 359 g/mol. The average Bonchev–Trinajstić information content (AvgIpc) is 2.84. The Kier molecular flexibility index (Phi) is 5.33. The summed E-state index contributed by atoms with van der Waals surface area (Å²) in [5.74, 6) is 5.77. The van der Waals surface area contributed by atoms with Gasteiger partial charge in [0.2, 0.25) is 0 Å². The highest BCUT2D eigenvalue weighted by Crippen LogP contribution is 2.38. The smallest absolute Gasteiger partial charge is 0.398 e. The van der Waals surface area contributed by atoms with Crippen LogP contribution in [0.25, 0.3) is 0 Å². The van der Waals surface area contributed by atoms with E-state index in [0.717, 1.165) is 38.3 Å². The summed E-state index contributed by atoms with van der Waals surface area (Å²) in [6, 6.07) is 6.42. The standard InChI is InChI=1S/C19H30BN3O3/c1-6-14-13-15(23-9-11-24-12-10-23)7-8-16(14)17(22-21)20-25-18(2,3)19(4,5)26-20/h7-8,13H,6,9-12,21H2,1-5H3/b22-17+. The van der Waals surface area contributed by atoms with Crippen molar-refractivity contribution in [2.75, 3.05) is 31.2 Å². The number of hydrogen-bond acceptors (Lipinski definition) is 6. The molecule has 142 valence electrons. The first-order valence-electron chi connectivity index (χ1n) is 9.38. The number of hydrazone groups is 1. The van der Waals surface area contributed by atoms with Crippen LogP contribution >= 0.6 is 0 Å². The first kappa shape index (κ1) is 19.2. The largest absolute Gasteiger partial charge is 0.517 e. The fraction of sp³-hybridized carbons (Fsp3) is 0.632. The molecule has 0 unspecified atom stereocenters. The van der Waals surface area contributed by atoms with Gasteiger partial charge in [0.25, 0.3) is 0 Å². The van der Waals surface area contributed by atoms with Gasteiger partial charge in [0.1, 0.15) is 0 Å². The summed E-state index contributed by atoms with van der Waals surface area (Å²) in [4.78, 5) is 2.35. The third-order valence-electron chi connectivity index (χ3n) is 5.74. The molecule has 0 bridgehead atoms. The van der Waals surface area contributed by atoms with Crippen molar-refractivity contribution in [2.24, 2.45) is 10.9 Å². The number of aryl methyl sites for hydroxylation is 1. The summed E-state index contributed by atoms with van der Waals surface area (Å²) in [6.45, 7) is 13.6. The molecule has 2 heterocycles. The van der Waals surface area contributed by atoms with E-state index >= 15 is 0 Å². The molecule has 6 nitrogen and oxygen atoms in total. The van der Waals surface area contributed by atoms with E-state index in [9.17, 15) is 0 Å². The van der Waals surface area contributed by atoms with Crippen LogP contribution in [0.4, 0.5) is 5.69 Å². The molecule has 0 amide bonds. The zero-order chi connectivity index (χ0) is 18.9. The third-order valence-corrected chi connectivity index (χ3v) is 5.74. The maximum absolute atomic E-state index is 6.16. The van der Waals surface area contributed by atoms with Gasteiger partial charge in [-0.25, -0.2) is 0 Å². The molecule has 0 atom stereocenters. The summed E-state index contributed by atoms with van der Waals surface area (Å²) in [6.07, 6.45) is 0.881. The first-order chi connectivity index (χ1) is 12.3. The summed E-state index contributed by atoms with van der Waals surface area (Å²) >= 11 is 0. The monoisotopic (exact) mass is 359 g/mol. The van der Waals surface area contributed by atoms with Crippen LogP contribution in [-0.4, -0.2) is 50.2 Å². The lowest BCUT2D eigenvalue weighted by atomic mass is 9.76. The number of rotatable bonds is 4. The van der Waals surface area contributed by atoms with E-state index in [-0.39, 0.29) is 0 Å². The van der Waals surface area contributed by atoms with Crippen LogP contribution in [0.5, 0.6) is 0 Å². The maximum atomic E-state index is 6.16. The van der Waals surface area contributed by atoms with Crippen molar-refractivity contribution in [3.05, 3.63) is 29.3 Å². The van der Waals surface area contributed by atoms with Crippen molar-refractivity contribution >= 4 is 18.4 Å². The molecule has 2 aliphatic rings. The Balaban J connectivity index is 1.89. The van der Waals surface area contributed by atoms with Gasteiger partial charge in [-0.1, -0.05) is 13.0 Å². The fourth-order valence-corrected chi connectivity index (χ4v) is 3.35. The second-order valence-corrected chi connectivity index (χ2v) is 7.90. The van der Waals surface area contributed by atoms with Crippen molar-refractivity contribution < 1.29 is 14.0 Å². The Labute approximate surface area is 156 Å². The van der Waals surface area contributed by atoms with Gasteiger partial charge >= 0.3 is 7.12 Å². The number of nitrogens with zero attached hydrogens (tertiary/aromatic N) is 2. The van der Waals surface area contributed by atoms with Crippen LogP contribution in [0.15, 0.2) is 23.3 Å². The normalized spacial score (nSPS) is 22.7. The van der Waals surface area contributed by atoms with E-state index in [1.807, 2.05) is 27.7 Å². The van der Waals surface area contributed by atoms with Crippen LogP contribution in [0.2, 0.25) is 0 Å².